The van der Waals surface area contributed by atoms with Crippen molar-refractivity contribution in [2.24, 2.45) is 0 Å². The molecular weight excluding hydrogens is 346 g/mol. The number of hydrogen-bond acceptors (Lipinski definition) is 5. The van der Waals surface area contributed by atoms with Crippen LogP contribution < -0.4 is 5.32 Å². The minimum atomic E-state index is -0.258. The van der Waals surface area contributed by atoms with Crippen LogP contribution in [0.25, 0.3) is 22.2 Å². The third-order valence-corrected chi connectivity index (χ3v) is 4.81. The van der Waals surface area contributed by atoms with Crippen molar-refractivity contribution in [3.05, 3.63) is 60.4 Å². The van der Waals surface area contributed by atoms with Crippen LogP contribution in [0.4, 0.5) is 0 Å². The summed E-state index contributed by atoms with van der Waals surface area (Å²) in [6.45, 7) is -0.0769. The van der Waals surface area contributed by atoms with E-state index in [4.69, 9.17) is 0 Å². The predicted molar refractivity (Wildman–Crippen MR) is 106 cm³/mol. The molecule has 2 heterocycles. The molecule has 0 bridgehead atoms. The SMILES string of the molecule is CSCC[C@H](CO)NC(=O)c1cc(-c2ccncc2)nc2ccccc12. The molecule has 0 radical (unpaired) electrons. The summed E-state index contributed by atoms with van der Waals surface area (Å²) in [5, 5.41) is 13.3. The van der Waals surface area contributed by atoms with Crippen LogP contribution in [0, 0.1) is 0 Å². The standard InChI is InChI=1S/C20H21N3O2S/c1-26-11-8-15(13-24)22-20(25)17-12-19(14-6-9-21-10-7-14)23-18-5-3-2-4-16(17)18/h2-7,9-10,12,15,24H,8,11,13H2,1H3,(H,22,25)/t15-/m1/s1. The molecule has 0 aliphatic rings. The van der Waals surface area contributed by atoms with E-state index in [0.717, 1.165) is 34.3 Å². The molecule has 2 aromatic heterocycles. The van der Waals surface area contributed by atoms with Crippen LogP contribution >= 0.6 is 11.8 Å². The fourth-order valence-electron chi connectivity index (χ4n) is 2.77. The van der Waals surface area contributed by atoms with Crippen LogP contribution in [-0.2, 0) is 0 Å². The van der Waals surface area contributed by atoms with Gasteiger partial charge in [-0.15, -0.1) is 0 Å². The van der Waals surface area contributed by atoms with Crippen LogP contribution in [0.15, 0.2) is 54.9 Å². The highest BCUT2D eigenvalue weighted by atomic mass is 32.2. The lowest BCUT2D eigenvalue weighted by molar-refractivity contribution is 0.0917. The van der Waals surface area contributed by atoms with Gasteiger partial charge in [0.25, 0.3) is 5.91 Å². The van der Waals surface area contributed by atoms with Crippen LogP contribution in [0.5, 0.6) is 0 Å². The molecular formula is C20H21N3O2S. The van der Waals surface area contributed by atoms with E-state index in [1.807, 2.05) is 42.7 Å². The van der Waals surface area contributed by atoms with Crippen molar-refractivity contribution in [3.63, 3.8) is 0 Å². The molecule has 6 heteroatoms. The molecule has 0 saturated heterocycles. The number of rotatable bonds is 7. The summed E-state index contributed by atoms with van der Waals surface area (Å²) in [5.74, 6) is 0.685. The molecule has 26 heavy (non-hydrogen) atoms. The van der Waals surface area contributed by atoms with Crippen LogP contribution in [0.3, 0.4) is 0 Å². The largest absolute Gasteiger partial charge is 0.394 e. The molecule has 134 valence electrons. The number of pyridine rings is 2. The Balaban J connectivity index is 1.99. The van der Waals surface area contributed by atoms with Gasteiger partial charge in [-0.25, -0.2) is 4.98 Å². The Hall–Kier alpha value is -2.44. The zero-order valence-corrected chi connectivity index (χ0v) is 15.4. The molecule has 0 aliphatic heterocycles. The first-order valence-electron chi connectivity index (χ1n) is 8.43. The third-order valence-electron chi connectivity index (χ3n) is 4.16. The van der Waals surface area contributed by atoms with Gasteiger partial charge in [0.2, 0.25) is 0 Å². The van der Waals surface area contributed by atoms with Crippen LogP contribution in [0.2, 0.25) is 0 Å². The number of carbonyl (C=O) groups is 1. The monoisotopic (exact) mass is 367 g/mol. The predicted octanol–water partition coefficient (Wildman–Crippen LogP) is 3.14. The third kappa shape index (κ3) is 4.20. The fourth-order valence-corrected chi connectivity index (χ4v) is 3.29. The number of para-hydroxylation sites is 1. The quantitative estimate of drug-likeness (QED) is 0.671. The molecule has 0 aliphatic carbocycles. The topological polar surface area (TPSA) is 75.1 Å². The summed E-state index contributed by atoms with van der Waals surface area (Å²) in [6.07, 6.45) is 6.14. The van der Waals surface area contributed by atoms with Crippen molar-refractivity contribution in [3.8, 4) is 11.3 Å². The normalized spacial score (nSPS) is 12.1. The van der Waals surface area contributed by atoms with E-state index in [1.165, 1.54) is 0 Å². The number of amides is 1. The fraction of sp³-hybridized carbons (Fsp3) is 0.250. The minimum absolute atomic E-state index is 0.0769. The summed E-state index contributed by atoms with van der Waals surface area (Å²) in [5.41, 5.74) is 2.95. The van der Waals surface area contributed by atoms with E-state index in [9.17, 15) is 9.90 Å². The van der Waals surface area contributed by atoms with E-state index in [0.29, 0.717) is 5.56 Å². The second-order valence-corrected chi connectivity index (χ2v) is 6.93. The Bertz CT molecular complexity index is 887. The van der Waals surface area contributed by atoms with Crippen molar-refractivity contribution in [2.75, 3.05) is 18.6 Å². The molecule has 2 N–H and O–H groups in total. The number of aromatic nitrogens is 2. The smallest absolute Gasteiger partial charge is 0.252 e. The van der Waals surface area contributed by atoms with Gasteiger partial charge in [-0.1, -0.05) is 18.2 Å². The van der Waals surface area contributed by atoms with E-state index >= 15 is 0 Å². The summed E-state index contributed by atoms with van der Waals surface area (Å²) < 4.78 is 0. The lowest BCUT2D eigenvalue weighted by Gasteiger charge is -2.17. The molecule has 3 rings (SSSR count). The van der Waals surface area contributed by atoms with Gasteiger partial charge in [0.05, 0.1) is 29.4 Å². The minimum Gasteiger partial charge on any atom is -0.394 e. The highest BCUT2D eigenvalue weighted by Crippen LogP contribution is 2.24. The molecule has 3 aromatic rings. The number of hydrogen-bond donors (Lipinski definition) is 2. The second-order valence-electron chi connectivity index (χ2n) is 5.94. The zero-order chi connectivity index (χ0) is 18.4. The van der Waals surface area contributed by atoms with Crippen molar-refractivity contribution in [1.29, 1.82) is 0 Å². The highest BCUT2D eigenvalue weighted by molar-refractivity contribution is 7.98. The Morgan fingerprint density at radius 2 is 2.00 bits per heavy atom. The van der Waals surface area contributed by atoms with Crippen molar-refractivity contribution in [2.45, 2.75) is 12.5 Å². The summed E-state index contributed by atoms with van der Waals surface area (Å²) in [7, 11) is 0. The first kappa shape index (κ1) is 18.4. The van der Waals surface area contributed by atoms with E-state index in [1.54, 1.807) is 30.2 Å². The van der Waals surface area contributed by atoms with Gasteiger partial charge in [-0.05, 0) is 42.7 Å². The Kier molecular flexibility index (Phi) is 6.20. The first-order chi connectivity index (χ1) is 12.7. The lowest BCUT2D eigenvalue weighted by atomic mass is 10.0. The molecule has 0 unspecified atom stereocenters. The Labute approximate surface area is 156 Å². The van der Waals surface area contributed by atoms with Crippen LogP contribution in [-0.4, -0.2) is 45.6 Å². The molecule has 0 saturated carbocycles. The number of aliphatic hydroxyl groups is 1. The maximum absolute atomic E-state index is 12.9. The van der Waals surface area contributed by atoms with E-state index in [2.05, 4.69) is 15.3 Å². The van der Waals surface area contributed by atoms with Gasteiger partial charge in [0.1, 0.15) is 0 Å². The van der Waals surface area contributed by atoms with Gasteiger partial charge in [0, 0.05) is 23.3 Å². The number of thioether (sulfide) groups is 1. The van der Waals surface area contributed by atoms with Gasteiger partial charge in [0.15, 0.2) is 0 Å². The van der Waals surface area contributed by atoms with Gasteiger partial charge < -0.3 is 10.4 Å². The van der Waals surface area contributed by atoms with Gasteiger partial charge >= 0.3 is 0 Å². The molecule has 1 atom stereocenters. The average Bonchev–Trinajstić information content (AvgIpc) is 2.70. The number of carbonyl (C=O) groups excluding carboxylic acids is 1. The molecule has 0 spiro atoms. The number of aliphatic hydroxyl groups excluding tert-OH is 1. The first-order valence-corrected chi connectivity index (χ1v) is 9.83. The summed E-state index contributed by atoms with van der Waals surface area (Å²) in [6, 6.07) is 12.9. The zero-order valence-electron chi connectivity index (χ0n) is 14.6. The van der Waals surface area contributed by atoms with Gasteiger partial charge in [-0.3, -0.25) is 9.78 Å². The van der Waals surface area contributed by atoms with Crippen molar-refractivity contribution >= 4 is 28.6 Å². The van der Waals surface area contributed by atoms with Crippen molar-refractivity contribution < 1.29 is 9.90 Å². The maximum Gasteiger partial charge on any atom is 0.252 e. The lowest BCUT2D eigenvalue weighted by Crippen LogP contribution is -2.38. The highest BCUT2D eigenvalue weighted by Gasteiger charge is 2.17. The summed E-state index contributed by atoms with van der Waals surface area (Å²) in [4.78, 5) is 21.6. The van der Waals surface area contributed by atoms with Gasteiger partial charge in [-0.2, -0.15) is 11.8 Å². The molecule has 5 nitrogen and oxygen atoms in total. The maximum atomic E-state index is 12.9. The molecule has 1 aromatic carbocycles. The summed E-state index contributed by atoms with van der Waals surface area (Å²) >= 11 is 1.69. The molecule has 0 fully saturated rings. The van der Waals surface area contributed by atoms with Crippen LogP contribution in [0.1, 0.15) is 16.8 Å². The molecule has 1 amide bonds. The Morgan fingerprint density at radius 3 is 2.73 bits per heavy atom. The van der Waals surface area contributed by atoms with E-state index < -0.39 is 0 Å². The van der Waals surface area contributed by atoms with Crippen molar-refractivity contribution in [1.82, 2.24) is 15.3 Å². The number of fused-ring (bicyclic) bond motifs is 1. The van der Waals surface area contributed by atoms with E-state index in [-0.39, 0.29) is 18.6 Å². The number of nitrogens with zero attached hydrogens (tertiary/aromatic N) is 2. The number of benzene rings is 1. The average molecular weight is 367 g/mol. The number of nitrogens with one attached hydrogen (secondary N) is 1. The second kappa shape index (κ2) is 8.78. The Morgan fingerprint density at radius 1 is 1.23 bits per heavy atom.